The van der Waals surface area contributed by atoms with Crippen molar-refractivity contribution in [1.82, 2.24) is 9.55 Å². The minimum absolute atomic E-state index is 0.0436. The van der Waals surface area contributed by atoms with Gasteiger partial charge in [0.2, 0.25) is 0 Å². The van der Waals surface area contributed by atoms with Crippen molar-refractivity contribution in [3.63, 3.8) is 0 Å². The van der Waals surface area contributed by atoms with E-state index in [-0.39, 0.29) is 5.56 Å². The molecule has 0 bridgehead atoms. The predicted molar refractivity (Wildman–Crippen MR) is 69.1 cm³/mol. The monoisotopic (exact) mass is 235 g/mol. The molecular weight excluding hydrogens is 214 g/mol. The summed E-state index contributed by atoms with van der Waals surface area (Å²) in [5.41, 5.74) is -0.0436. The maximum Gasteiger partial charge on any atom is 0.293 e. The van der Waals surface area contributed by atoms with Crippen LogP contribution in [0.4, 0.5) is 5.82 Å². The Morgan fingerprint density at radius 2 is 2.18 bits per heavy atom. The van der Waals surface area contributed by atoms with Gasteiger partial charge in [0.05, 0.1) is 0 Å². The molecule has 1 aromatic heterocycles. The fourth-order valence-electron chi connectivity index (χ4n) is 2.56. The lowest BCUT2D eigenvalue weighted by Crippen LogP contribution is -2.37. The summed E-state index contributed by atoms with van der Waals surface area (Å²) >= 11 is 0. The van der Waals surface area contributed by atoms with Gasteiger partial charge in [-0.15, -0.1) is 0 Å². The zero-order valence-corrected chi connectivity index (χ0v) is 10.8. The molecule has 17 heavy (non-hydrogen) atoms. The van der Waals surface area contributed by atoms with Gasteiger partial charge in [-0.3, -0.25) is 4.79 Å². The van der Waals surface area contributed by atoms with Gasteiger partial charge in [-0.1, -0.05) is 26.7 Å². The highest BCUT2D eigenvalue weighted by atomic mass is 16.1. The van der Waals surface area contributed by atoms with Crippen molar-refractivity contribution < 1.29 is 0 Å². The zero-order chi connectivity index (χ0) is 12.4. The molecule has 2 rings (SSSR count). The molecule has 0 aliphatic heterocycles. The predicted octanol–water partition coefficient (Wildman–Crippen LogP) is 2.02. The smallest absolute Gasteiger partial charge is 0.293 e. The van der Waals surface area contributed by atoms with E-state index in [4.69, 9.17) is 0 Å². The normalized spacial score (nSPS) is 29.0. The number of aromatic nitrogens is 2. The minimum atomic E-state index is -0.0436. The summed E-state index contributed by atoms with van der Waals surface area (Å²) < 4.78 is 1.56. The highest BCUT2D eigenvalue weighted by Gasteiger charge is 2.27. The standard InChI is InChI=1S/C13H21N3O/c1-9-5-4-6-11(10(9)2)15-12-13(17)16(3)8-7-14-12/h7-11H,4-6H2,1-3H3,(H,14,15). The van der Waals surface area contributed by atoms with Gasteiger partial charge in [0.1, 0.15) is 0 Å². The highest BCUT2D eigenvalue weighted by molar-refractivity contribution is 5.32. The van der Waals surface area contributed by atoms with Crippen LogP contribution in [0.3, 0.4) is 0 Å². The fourth-order valence-corrected chi connectivity index (χ4v) is 2.56. The molecule has 3 atom stereocenters. The van der Waals surface area contributed by atoms with Gasteiger partial charge in [-0.05, 0) is 18.3 Å². The summed E-state index contributed by atoms with van der Waals surface area (Å²) in [6.07, 6.45) is 7.00. The van der Waals surface area contributed by atoms with Crippen LogP contribution in [0.2, 0.25) is 0 Å². The fraction of sp³-hybridized carbons (Fsp3) is 0.692. The lowest BCUT2D eigenvalue weighted by atomic mass is 9.78. The summed E-state index contributed by atoms with van der Waals surface area (Å²) in [5, 5.41) is 3.33. The number of nitrogens with zero attached hydrogens (tertiary/aromatic N) is 2. The Morgan fingerprint density at radius 3 is 2.94 bits per heavy atom. The molecule has 3 unspecified atom stereocenters. The van der Waals surface area contributed by atoms with Crippen molar-refractivity contribution in [2.45, 2.75) is 39.2 Å². The van der Waals surface area contributed by atoms with Gasteiger partial charge >= 0.3 is 0 Å². The van der Waals surface area contributed by atoms with Crippen LogP contribution in [-0.4, -0.2) is 15.6 Å². The zero-order valence-electron chi connectivity index (χ0n) is 10.8. The largest absolute Gasteiger partial charge is 0.362 e. The van der Waals surface area contributed by atoms with Crippen LogP contribution >= 0.6 is 0 Å². The summed E-state index contributed by atoms with van der Waals surface area (Å²) in [4.78, 5) is 16.0. The second kappa shape index (κ2) is 4.90. The Hall–Kier alpha value is -1.32. The minimum Gasteiger partial charge on any atom is -0.362 e. The number of hydrogen-bond acceptors (Lipinski definition) is 3. The van der Waals surface area contributed by atoms with Crippen LogP contribution in [0, 0.1) is 11.8 Å². The molecule has 1 fully saturated rings. The van der Waals surface area contributed by atoms with Crippen molar-refractivity contribution in [1.29, 1.82) is 0 Å². The number of rotatable bonds is 2. The quantitative estimate of drug-likeness (QED) is 0.853. The van der Waals surface area contributed by atoms with Crippen LogP contribution in [0.5, 0.6) is 0 Å². The van der Waals surface area contributed by atoms with E-state index in [0.717, 1.165) is 6.42 Å². The molecule has 1 aliphatic carbocycles. The lowest BCUT2D eigenvalue weighted by Gasteiger charge is -2.34. The van der Waals surface area contributed by atoms with Crippen molar-refractivity contribution in [2.75, 3.05) is 5.32 Å². The Bertz CT molecular complexity index is 441. The SMILES string of the molecule is CC1CCCC(Nc2nccn(C)c2=O)C1C. The molecule has 0 saturated heterocycles. The second-order valence-corrected chi connectivity index (χ2v) is 5.21. The first-order chi connectivity index (χ1) is 8.09. The maximum atomic E-state index is 11.9. The molecule has 0 radical (unpaired) electrons. The van der Waals surface area contributed by atoms with Crippen LogP contribution in [0.15, 0.2) is 17.2 Å². The van der Waals surface area contributed by atoms with E-state index in [1.165, 1.54) is 12.8 Å². The summed E-state index contributed by atoms with van der Waals surface area (Å²) in [7, 11) is 1.75. The summed E-state index contributed by atoms with van der Waals surface area (Å²) in [5.74, 6) is 1.80. The molecule has 0 spiro atoms. The van der Waals surface area contributed by atoms with Crippen LogP contribution < -0.4 is 10.9 Å². The molecular formula is C13H21N3O. The molecule has 1 aromatic rings. The van der Waals surface area contributed by atoms with E-state index >= 15 is 0 Å². The molecule has 4 nitrogen and oxygen atoms in total. The topological polar surface area (TPSA) is 46.9 Å². The Labute approximate surface area is 102 Å². The first-order valence-electron chi connectivity index (χ1n) is 6.37. The number of anilines is 1. The average Bonchev–Trinajstić information content (AvgIpc) is 2.31. The Kier molecular flexibility index (Phi) is 3.50. The average molecular weight is 235 g/mol. The van der Waals surface area contributed by atoms with Crippen molar-refractivity contribution >= 4 is 5.82 Å². The van der Waals surface area contributed by atoms with E-state index < -0.39 is 0 Å². The molecule has 1 saturated carbocycles. The lowest BCUT2D eigenvalue weighted by molar-refractivity contribution is 0.252. The summed E-state index contributed by atoms with van der Waals surface area (Å²) in [6.45, 7) is 4.55. The van der Waals surface area contributed by atoms with Crippen LogP contribution in [0.1, 0.15) is 33.1 Å². The van der Waals surface area contributed by atoms with E-state index in [2.05, 4.69) is 24.1 Å². The van der Waals surface area contributed by atoms with Crippen LogP contribution in [0.25, 0.3) is 0 Å². The van der Waals surface area contributed by atoms with Crippen molar-refractivity contribution in [3.8, 4) is 0 Å². The third-order valence-corrected chi connectivity index (χ3v) is 4.05. The molecule has 94 valence electrons. The third-order valence-electron chi connectivity index (χ3n) is 4.05. The maximum absolute atomic E-state index is 11.9. The van der Waals surface area contributed by atoms with E-state index in [1.54, 1.807) is 24.0 Å². The molecule has 0 amide bonds. The van der Waals surface area contributed by atoms with Gasteiger partial charge in [0.25, 0.3) is 5.56 Å². The van der Waals surface area contributed by atoms with Gasteiger partial charge in [-0.25, -0.2) is 4.98 Å². The van der Waals surface area contributed by atoms with Gasteiger partial charge in [-0.2, -0.15) is 0 Å². The molecule has 0 aromatic carbocycles. The number of aryl methyl sites for hydroxylation is 1. The van der Waals surface area contributed by atoms with Crippen LogP contribution in [-0.2, 0) is 7.05 Å². The van der Waals surface area contributed by atoms with E-state index in [0.29, 0.717) is 23.7 Å². The van der Waals surface area contributed by atoms with Gasteiger partial charge in [0, 0.05) is 25.5 Å². The second-order valence-electron chi connectivity index (χ2n) is 5.21. The summed E-state index contributed by atoms with van der Waals surface area (Å²) in [6, 6.07) is 0.376. The Balaban J connectivity index is 2.15. The van der Waals surface area contributed by atoms with Crippen molar-refractivity contribution in [2.24, 2.45) is 18.9 Å². The molecule has 1 aliphatic rings. The Morgan fingerprint density at radius 1 is 1.41 bits per heavy atom. The van der Waals surface area contributed by atoms with E-state index in [1.807, 2.05) is 0 Å². The molecule has 1 heterocycles. The number of nitrogens with one attached hydrogen (secondary N) is 1. The number of hydrogen-bond donors (Lipinski definition) is 1. The van der Waals surface area contributed by atoms with Crippen molar-refractivity contribution in [3.05, 3.63) is 22.7 Å². The molecule has 1 N–H and O–H groups in total. The first-order valence-corrected chi connectivity index (χ1v) is 6.37. The van der Waals surface area contributed by atoms with Gasteiger partial charge in [0.15, 0.2) is 5.82 Å². The highest BCUT2D eigenvalue weighted by Crippen LogP contribution is 2.30. The molecule has 4 heteroatoms. The van der Waals surface area contributed by atoms with E-state index in [9.17, 15) is 4.79 Å². The third kappa shape index (κ3) is 2.51. The first kappa shape index (κ1) is 12.1. The van der Waals surface area contributed by atoms with Gasteiger partial charge < -0.3 is 9.88 Å².